The number of ether oxygens (including phenoxy) is 1. The van der Waals surface area contributed by atoms with Gasteiger partial charge in [-0.3, -0.25) is 4.79 Å². The van der Waals surface area contributed by atoms with Gasteiger partial charge in [-0.05, 0) is 24.6 Å². The number of rotatable bonds is 2. The van der Waals surface area contributed by atoms with E-state index in [4.69, 9.17) is 21.4 Å². The molecule has 0 bridgehead atoms. The van der Waals surface area contributed by atoms with Crippen molar-refractivity contribution in [3.63, 3.8) is 0 Å². The highest BCUT2D eigenvalue weighted by atomic mass is 35.5. The van der Waals surface area contributed by atoms with Crippen molar-refractivity contribution in [2.45, 2.75) is 12.5 Å². The predicted molar refractivity (Wildman–Crippen MR) is 76.7 cm³/mol. The Morgan fingerprint density at radius 2 is 2.40 bits per heavy atom. The second-order valence-electron chi connectivity index (χ2n) is 4.55. The average Bonchev–Trinajstić information content (AvgIpc) is 2.94. The minimum atomic E-state index is -0.219. The molecule has 1 aromatic rings. The van der Waals surface area contributed by atoms with Gasteiger partial charge in [0.1, 0.15) is 6.61 Å². The van der Waals surface area contributed by atoms with Crippen LogP contribution in [0.1, 0.15) is 22.3 Å². The van der Waals surface area contributed by atoms with Gasteiger partial charge in [0.2, 0.25) is 0 Å². The van der Waals surface area contributed by atoms with Crippen LogP contribution in [0.4, 0.5) is 0 Å². The number of carbonyl (C=O) groups is 1. The van der Waals surface area contributed by atoms with E-state index in [2.05, 4.69) is 11.8 Å². The summed E-state index contributed by atoms with van der Waals surface area (Å²) in [5.74, 6) is 5.22. The van der Waals surface area contributed by atoms with E-state index in [1.54, 1.807) is 30.2 Å². The monoisotopic (exact) mass is 293 g/mol. The molecule has 0 aliphatic carbocycles. The Morgan fingerprint density at radius 3 is 3.00 bits per heavy atom. The molecule has 1 unspecified atom stereocenters. The number of amides is 1. The summed E-state index contributed by atoms with van der Waals surface area (Å²) in [6.45, 7) is 1.09. The van der Waals surface area contributed by atoms with Crippen LogP contribution in [0.25, 0.3) is 0 Å². The number of likely N-dealkylation sites (tertiary alicyclic amines) is 1. The Balaban J connectivity index is 2.13. The van der Waals surface area contributed by atoms with E-state index in [-0.39, 0.29) is 18.6 Å². The topological polar surface area (TPSA) is 49.8 Å². The van der Waals surface area contributed by atoms with Gasteiger partial charge in [0.15, 0.2) is 0 Å². The van der Waals surface area contributed by atoms with Crippen molar-refractivity contribution >= 4 is 17.5 Å². The Morgan fingerprint density at radius 1 is 1.60 bits per heavy atom. The minimum Gasteiger partial charge on any atom is -0.384 e. The van der Waals surface area contributed by atoms with E-state index in [0.717, 1.165) is 6.42 Å². The molecule has 106 valence electrons. The summed E-state index contributed by atoms with van der Waals surface area (Å²) in [4.78, 5) is 14.1. The number of aliphatic hydroxyl groups excluding tert-OH is 1. The highest BCUT2D eigenvalue weighted by molar-refractivity contribution is 6.32. The zero-order valence-corrected chi connectivity index (χ0v) is 12.0. The highest BCUT2D eigenvalue weighted by Gasteiger charge is 2.26. The van der Waals surface area contributed by atoms with Gasteiger partial charge in [0, 0.05) is 31.3 Å². The Labute approximate surface area is 123 Å². The van der Waals surface area contributed by atoms with Crippen molar-refractivity contribution in [3.05, 3.63) is 34.3 Å². The number of carbonyl (C=O) groups excluding carboxylic acids is 1. The molecule has 0 aromatic heterocycles. The molecule has 5 heteroatoms. The lowest BCUT2D eigenvalue weighted by Crippen LogP contribution is -2.29. The number of nitrogens with zero attached hydrogens (tertiary/aromatic N) is 1. The second kappa shape index (κ2) is 6.76. The van der Waals surface area contributed by atoms with Crippen molar-refractivity contribution in [3.8, 4) is 11.8 Å². The lowest BCUT2D eigenvalue weighted by Gasteiger charge is -2.16. The normalized spacial score (nSPS) is 17.8. The molecule has 0 spiro atoms. The molecular weight excluding hydrogens is 278 g/mol. The van der Waals surface area contributed by atoms with Crippen molar-refractivity contribution in [1.82, 2.24) is 4.90 Å². The zero-order chi connectivity index (χ0) is 14.5. The van der Waals surface area contributed by atoms with E-state index in [0.29, 0.717) is 29.2 Å². The SMILES string of the molecule is COC1CCN(C(=O)c2ccc(C#CCO)c(Cl)c2)C1. The first-order chi connectivity index (χ1) is 9.65. The third-order valence-electron chi connectivity index (χ3n) is 3.28. The number of halogens is 1. The van der Waals surface area contributed by atoms with Crippen molar-refractivity contribution in [1.29, 1.82) is 0 Å². The average molecular weight is 294 g/mol. The van der Waals surface area contributed by atoms with Gasteiger partial charge >= 0.3 is 0 Å². The first-order valence-electron chi connectivity index (χ1n) is 6.37. The smallest absolute Gasteiger partial charge is 0.253 e. The summed E-state index contributed by atoms with van der Waals surface area (Å²) >= 11 is 6.09. The van der Waals surface area contributed by atoms with Crippen LogP contribution >= 0.6 is 11.6 Å². The van der Waals surface area contributed by atoms with Crippen LogP contribution in [0.3, 0.4) is 0 Å². The quantitative estimate of drug-likeness (QED) is 0.842. The van der Waals surface area contributed by atoms with Gasteiger partial charge in [-0.25, -0.2) is 0 Å². The fraction of sp³-hybridized carbons (Fsp3) is 0.400. The number of hydrogen-bond donors (Lipinski definition) is 1. The molecule has 1 N–H and O–H groups in total. The molecule has 0 radical (unpaired) electrons. The van der Waals surface area contributed by atoms with Gasteiger partial charge in [0.25, 0.3) is 5.91 Å². The van der Waals surface area contributed by atoms with Gasteiger partial charge < -0.3 is 14.7 Å². The first kappa shape index (κ1) is 14.9. The fourth-order valence-corrected chi connectivity index (χ4v) is 2.40. The van der Waals surface area contributed by atoms with Crippen LogP contribution in [0, 0.1) is 11.8 Å². The lowest BCUT2D eigenvalue weighted by molar-refractivity contribution is 0.0724. The van der Waals surface area contributed by atoms with Crippen molar-refractivity contribution < 1.29 is 14.6 Å². The Kier molecular flexibility index (Phi) is 5.02. The minimum absolute atomic E-state index is 0.0480. The standard InChI is InChI=1S/C15H16ClNO3/c1-20-13-6-7-17(10-13)15(19)12-5-4-11(3-2-8-18)14(16)9-12/h4-5,9,13,18H,6-8,10H2,1H3. The fourth-order valence-electron chi connectivity index (χ4n) is 2.17. The maximum atomic E-state index is 12.3. The highest BCUT2D eigenvalue weighted by Crippen LogP contribution is 2.20. The molecule has 2 rings (SSSR count). The first-order valence-corrected chi connectivity index (χ1v) is 6.75. The van der Waals surface area contributed by atoms with E-state index in [9.17, 15) is 4.79 Å². The summed E-state index contributed by atoms with van der Waals surface area (Å²) in [6.07, 6.45) is 0.972. The molecule has 1 fully saturated rings. The zero-order valence-electron chi connectivity index (χ0n) is 11.2. The Bertz CT molecular complexity index is 562. The number of methoxy groups -OCH3 is 1. The molecule has 1 heterocycles. The van der Waals surface area contributed by atoms with E-state index in [1.807, 2.05) is 0 Å². The molecule has 1 aliphatic heterocycles. The van der Waals surface area contributed by atoms with Gasteiger partial charge in [0.05, 0.1) is 11.1 Å². The summed E-state index contributed by atoms with van der Waals surface area (Å²) in [7, 11) is 1.66. The van der Waals surface area contributed by atoms with Crippen LogP contribution in [-0.2, 0) is 4.74 Å². The number of benzene rings is 1. The molecular formula is C15H16ClNO3. The third-order valence-corrected chi connectivity index (χ3v) is 3.60. The van der Waals surface area contributed by atoms with Crippen LogP contribution in [-0.4, -0.2) is 48.8 Å². The molecule has 0 saturated carbocycles. The van der Waals surface area contributed by atoms with E-state index < -0.39 is 0 Å². The molecule has 1 amide bonds. The largest absolute Gasteiger partial charge is 0.384 e. The van der Waals surface area contributed by atoms with E-state index in [1.165, 1.54) is 0 Å². The molecule has 20 heavy (non-hydrogen) atoms. The molecule has 1 aromatic carbocycles. The summed E-state index contributed by atoms with van der Waals surface area (Å²) in [5.41, 5.74) is 1.15. The van der Waals surface area contributed by atoms with Crippen LogP contribution in [0.2, 0.25) is 5.02 Å². The van der Waals surface area contributed by atoms with Crippen LogP contribution in [0.5, 0.6) is 0 Å². The molecule has 4 nitrogen and oxygen atoms in total. The maximum absolute atomic E-state index is 12.3. The third kappa shape index (κ3) is 3.31. The predicted octanol–water partition coefficient (Wildman–Crippen LogP) is 1.54. The summed E-state index contributed by atoms with van der Waals surface area (Å²) in [5, 5.41) is 9.08. The summed E-state index contributed by atoms with van der Waals surface area (Å²) < 4.78 is 5.25. The molecule has 1 atom stereocenters. The second-order valence-corrected chi connectivity index (χ2v) is 4.96. The number of aliphatic hydroxyl groups is 1. The van der Waals surface area contributed by atoms with Gasteiger partial charge in [-0.15, -0.1) is 0 Å². The van der Waals surface area contributed by atoms with Crippen LogP contribution < -0.4 is 0 Å². The molecule has 1 saturated heterocycles. The molecule has 1 aliphatic rings. The van der Waals surface area contributed by atoms with Gasteiger partial charge in [-0.1, -0.05) is 23.4 Å². The van der Waals surface area contributed by atoms with Crippen LogP contribution in [0.15, 0.2) is 18.2 Å². The summed E-state index contributed by atoms with van der Waals surface area (Å²) in [6, 6.07) is 5.02. The van der Waals surface area contributed by atoms with Gasteiger partial charge in [-0.2, -0.15) is 0 Å². The van der Waals surface area contributed by atoms with Crippen molar-refractivity contribution in [2.24, 2.45) is 0 Å². The Hall–Kier alpha value is -1.54. The lowest BCUT2D eigenvalue weighted by atomic mass is 10.1. The maximum Gasteiger partial charge on any atom is 0.253 e. The van der Waals surface area contributed by atoms with E-state index >= 15 is 0 Å². The number of hydrogen-bond acceptors (Lipinski definition) is 3. The van der Waals surface area contributed by atoms with Crippen molar-refractivity contribution in [2.75, 3.05) is 26.8 Å².